The summed E-state index contributed by atoms with van der Waals surface area (Å²) in [6.07, 6.45) is 6.71. The van der Waals surface area contributed by atoms with Crippen molar-refractivity contribution in [3.63, 3.8) is 0 Å². The summed E-state index contributed by atoms with van der Waals surface area (Å²) < 4.78 is 224. The van der Waals surface area contributed by atoms with Crippen molar-refractivity contribution in [3.8, 4) is 17.2 Å². The van der Waals surface area contributed by atoms with Crippen molar-refractivity contribution in [1.82, 2.24) is 25.8 Å². The fraction of sp³-hybridized carbons (Fsp3) is 0.222. The first-order chi connectivity index (χ1) is 71.8. The second-order valence-electron chi connectivity index (χ2n) is 35.7. The molecule has 42 heteroatoms. The van der Waals surface area contributed by atoms with E-state index in [0.717, 1.165) is 97.9 Å². The van der Waals surface area contributed by atoms with Gasteiger partial charge in [0.1, 0.15) is 45.2 Å². The molecule has 17 aromatic rings. The van der Waals surface area contributed by atoms with Crippen LogP contribution in [0.15, 0.2) is 356 Å². The van der Waals surface area contributed by atoms with E-state index in [-0.39, 0.29) is 85.9 Å². The van der Waals surface area contributed by atoms with Crippen LogP contribution in [0.5, 0.6) is 17.2 Å². The number of sulfonamides is 6. The van der Waals surface area contributed by atoms with Crippen LogP contribution < -0.4 is 48.0 Å². The number of benzene rings is 11. The molecule has 0 saturated carbocycles. The van der Waals surface area contributed by atoms with Crippen LogP contribution in [0.25, 0.3) is 65.8 Å². The van der Waals surface area contributed by atoms with E-state index >= 15 is 0 Å². The molecule has 0 radical (unpaired) electrons. The maximum absolute atomic E-state index is 13.4. The molecule has 0 unspecified atom stereocenters. The molecule has 6 aromatic heterocycles. The molecule has 1 fully saturated rings. The summed E-state index contributed by atoms with van der Waals surface area (Å²) in [5.41, 5.74) is 6.79. The normalized spacial score (nSPS) is 15.4. The first kappa shape index (κ1) is 106. The van der Waals surface area contributed by atoms with Crippen LogP contribution in [0.1, 0.15) is 81.3 Å². The van der Waals surface area contributed by atoms with Crippen LogP contribution in [-0.4, -0.2) is 143 Å². The first-order valence-electron chi connectivity index (χ1n) is 47.3. The highest BCUT2D eigenvalue weighted by molar-refractivity contribution is 9.10. The Kier molecular flexibility index (Phi) is 31.4. The summed E-state index contributed by atoms with van der Waals surface area (Å²) in [5, 5.41) is 3.26. The van der Waals surface area contributed by atoms with Gasteiger partial charge in [-0.1, -0.05) is 174 Å². The summed E-state index contributed by atoms with van der Waals surface area (Å²) >= 11 is 9.28. The molecule has 0 atom stereocenters. The molecule has 0 spiro atoms. The molecule has 1 saturated heterocycles. The van der Waals surface area contributed by atoms with Crippen LogP contribution in [0.3, 0.4) is 0 Å². The van der Waals surface area contributed by atoms with Crippen molar-refractivity contribution in [2.75, 3.05) is 67.1 Å². The summed E-state index contributed by atoms with van der Waals surface area (Å²) in [6, 6.07) is 74.8. The molecule has 6 aliphatic rings. The Morgan fingerprint density at radius 2 is 0.567 bits per heavy atom. The van der Waals surface area contributed by atoms with Gasteiger partial charge in [-0.3, -0.25) is 0 Å². The molecule has 6 aliphatic heterocycles. The molecule has 11 aromatic carbocycles. The predicted molar refractivity (Wildman–Crippen MR) is 563 cm³/mol. The van der Waals surface area contributed by atoms with Gasteiger partial charge in [-0.2, -0.15) is 25.8 Å². The van der Waals surface area contributed by atoms with Gasteiger partial charge in [-0.25, -0.2) is 83.7 Å². The van der Waals surface area contributed by atoms with Crippen LogP contribution in [0.4, 0.5) is 4.39 Å². The SMILES string of the molecule is COc1ccc2cc(S(=O)(=O)N3CCc4ccccc4C3)c(=O)oc2c1.COc1ccc2oc(=O)c(S(=O)(=O)N3CCc4ccccc4C3)cc2c1.COc1cccc2cc(S(=O)(=O)N3CCc4ccccc4C3)c(=O)oc12.O=c1oc2ccc(Br)cc2cc1S(=O)(=O)N1CCCCCC1.O=c1oc2ccc(Cl)cc2cc1S(=O)(=O)N1CCc2ccccc2C1.O=c1oc2ccc(F)cc2cc1S(=O)(=O)N1CCc2ccccc2C1. The zero-order valence-electron chi connectivity index (χ0n) is 80.5. The van der Waals surface area contributed by atoms with E-state index in [9.17, 15) is 83.7 Å². The Labute approximate surface area is 872 Å². The molecule has 12 heterocycles. The van der Waals surface area contributed by atoms with E-state index in [2.05, 4.69) is 15.9 Å². The number of hydrogen-bond acceptors (Lipinski definition) is 27. The Bertz CT molecular complexity index is 9050. The second kappa shape index (κ2) is 44.4. The quantitative estimate of drug-likeness (QED) is 0.0860. The summed E-state index contributed by atoms with van der Waals surface area (Å²) in [6.45, 7) is 3.68. The average Bonchev–Trinajstić information content (AvgIpc) is 0.901. The zero-order valence-corrected chi connectivity index (χ0v) is 87.8. The molecule has 0 N–H and O–H groups in total. The van der Waals surface area contributed by atoms with Gasteiger partial charge in [0.05, 0.1) is 21.3 Å². The van der Waals surface area contributed by atoms with Crippen molar-refractivity contribution < 1.29 is 95.6 Å². The average molecular weight is 2240 g/mol. The van der Waals surface area contributed by atoms with Crippen molar-refractivity contribution in [3.05, 3.63) is 400 Å². The van der Waals surface area contributed by atoms with E-state index in [1.54, 1.807) is 91.0 Å². The van der Waals surface area contributed by atoms with Crippen molar-refractivity contribution in [1.29, 1.82) is 0 Å². The molecule has 23 rings (SSSR count). The van der Waals surface area contributed by atoms with Gasteiger partial charge < -0.3 is 40.7 Å². The molecule has 33 nitrogen and oxygen atoms in total. The number of halogens is 3. The lowest BCUT2D eigenvalue weighted by atomic mass is 10.0. The number of methoxy groups -OCH3 is 3. The molecular formula is C108H95BrClFN6O27S6. The fourth-order valence-corrected chi connectivity index (χ4v) is 27.8. The molecular weight excluding hydrogens is 2140 g/mol. The maximum atomic E-state index is 13.4. The van der Waals surface area contributed by atoms with E-state index in [1.807, 2.05) is 121 Å². The lowest BCUT2D eigenvalue weighted by molar-refractivity contribution is 0.386. The molecule has 0 amide bonds. The van der Waals surface area contributed by atoms with Gasteiger partial charge in [0, 0.05) is 126 Å². The summed E-state index contributed by atoms with van der Waals surface area (Å²) in [4.78, 5) is 71.5. The molecule has 0 aliphatic carbocycles. The third-order valence-corrected chi connectivity index (χ3v) is 38.2. The Hall–Kier alpha value is -13.8. The summed E-state index contributed by atoms with van der Waals surface area (Å²) in [7, 11) is -19.2. The standard InChI is InChI=1S/3C19H17NO5S.C18H14ClNO4S.C18H14FNO4S.C15H16BrNO4S/c1-24-16-8-4-7-14-11-17(19(21)25-18(14)16)26(22,23)20-10-9-13-5-2-3-6-15(13)12-20;1-24-16-7-6-14-10-18(19(21)25-17(14)11-16)26(22,23)20-9-8-13-4-2-3-5-15(13)12-20;1-24-16-6-7-17-15(10-16)11-18(19(21)25-17)26(22,23)20-9-8-13-4-2-3-5-14(13)12-20;2*19-15-5-6-16-14(9-15)10-17(18(21)24-16)25(22,23)20-8-7-12-3-1-2-4-13(12)11-20;16-12-5-6-13-11(9-12)10-14(15(18)21-13)22(19,20)17-7-3-1-2-4-8-17/h2-8,11H,9-10,12H2,1H3;2*2-7,10-11H,8-9,12H2,1H3;2*1-6,9-10H,7-8,11H2;5-6,9-10H,1-4,7-8H2. The highest BCUT2D eigenvalue weighted by Gasteiger charge is 2.39. The third-order valence-electron chi connectivity index (χ3n) is 26.5. The topological polar surface area (TPSA) is 433 Å². The number of hydrogen-bond donors (Lipinski definition) is 0. The maximum Gasteiger partial charge on any atom is 0.356 e. The smallest absolute Gasteiger partial charge is 0.356 e. The number of fused-ring (bicyclic) bond motifs is 11. The number of para-hydroxylation sites is 1. The van der Waals surface area contributed by atoms with Gasteiger partial charge in [0.25, 0.3) is 50.1 Å². The van der Waals surface area contributed by atoms with E-state index in [1.165, 1.54) is 89.6 Å². The van der Waals surface area contributed by atoms with Crippen LogP contribution in [0.2, 0.25) is 5.02 Å². The Balaban J connectivity index is 0.000000118. The van der Waals surface area contributed by atoms with Gasteiger partial charge in [-0.05, 0) is 228 Å². The van der Waals surface area contributed by atoms with Gasteiger partial charge in [0.15, 0.2) is 40.7 Å². The number of nitrogens with zero attached hydrogens (tertiary/aromatic N) is 6. The van der Waals surface area contributed by atoms with Gasteiger partial charge in [-0.15, -0.1) is 0 Å². The van der Waals surface area contributed by atoms with Crippen molar-refractivity contribution in [2.45, 2.75) is 120 Å². The van der Waals surface area contributed by atoms with Crippen LogP contribution in [0, 0.1) is 5.82 Å². The van der Waals surface area contributed by atoms with Crippen molar-refractivity contribution >= 4 is 153 Å². The Morgan fingerprint density at radius 3 is 0.947 bits per heavy atom. The van der Waals surface area contributed by atoms with Gasteiger partial charge >= 0.3 is 33.8 Å². The predicted octanol–water partition coefficient (Wildman–Crippen LogP) is 16.6. The fourth-order valence-electron chi connectivity index (χ4n) is 18.5. The minimum atomic E-state index is -4.04. The largest absolute Gasteiger partial charge is 0.497 e. The Morgan fingerprint density at radius 1 is 0.267 bits per heavy atom. The summed E-state index contributed by atoms with van der Waals surface area (Å²) in [5.74, 6) is 0.942. The lowest BCUT2D eigenvalue weighted by Crippen LogP contribution is -2.37. The third kappa shape index (κ3) is 22.7. The number of ether oxygens (including phenoxy) is 3. The van der Waals surface area contributed by atoms with Crippen molar-refractivity contribution in [2.24, 2.45) is 0 Å². The molecule has 0 bridgehead atoms. The van der Waals surface area contributed by atoms with Crippen LogP contribution >= 0.6 is 27.5 Å². The van der Waals surface area contributed by atoms with Crippen LogP contribution in [-0.2, 0) is 125 Å². The van der Waals surface area contributed by atoms with E-state index in [4.69, 9.17) is 52.3 Å². The number of rotatable bonds is 15. The second-order valence-corrected chi connectivity index (χ2v) is 48.5. The zero-order chi connectivity index (χ0) is 106. The minimum absolute atomic E-state index is 0.148. The van der Waals surface area contributed by atoms with E-state index in [0.29, 0.717) is 137 Å². The monoisotopic (exact) mass is 2230 g/mol. The highest BCUT2D eigenvalue weighted by atomic mass is 79.9. The molecule has 776 valence electrons. The van der Waals surface area contributed by atoms with E-state index < -0.39 is 105 Å². The van der Waals surface area contributed by atoms with Gasteiger partial charge in [0.2, 0.25) is 10.0 Å². The highest BCUT2D eigenvalue weighted by Crippen LogP contribution is 2.36. The first-order valence-corrected chi connectivity index (χ1v) is 57.1. The molecule has 150 heavy (non-hydrogen) atoms. The lowest BCUT2D eigenvalue weighted by Gasteiger charge is -2.27. The minimum Gasteiger partial charge on any atom is -0.497 e.